The molecule has 3 aromatic carbocycles. The highest BCUT2D eigenvalue weighted by molar-refractivity contribution is 14.1. The van der Waals surface area contributed by atoms with Gasteiger partial charge in [-0.25, -0.2) is 0 Å². The van der Waals surface area contributed by atoms with Crippen molar-refractivity contribution in [1.29, 1.82) is 0 Å². The Bertz CT molecular complexity index is 1350. The summed E-state index contributed by atoms with van der Waals surface area (Å²) in [7, 11) is 0. The molecule has 34 heavy (non-hydrogen) atoms. The number of nitrogens with zero attached hydrogens (tertiary/aromatic N) is 2. The van der Waals surface area contributed by atoms with E-state index in [0.717, 1.165) is 9.13 Å². The minimum atomic E-state index is -0.499. The Morgan fingerprint density at radius 2 is 1.24 bits per heavy atom. The molecule has 4 aromatic rings. The number of halogens is 1. The monoisotopic (exact) mass is 576 g/mol. The topological polar surface area (TPSA) is 53.8 Å². The van der Waals surface area contributed by atoms with Crippen molar-refractivity contribution < 1.29 is 14.0 Å². The fourth-order valence-corrected chi connectivity index (χ4v) is 4.42. The van der Waals surface area contributed by atoms with E-state index in [-0.39, 0.29) is 10.7 Å². The third-order valence-corrected chi connectivity index (χ3v) is 6.40. The smallest absolute Gasteiger partial charge is 0.270 e. The van der Waals surface area contributed by atoms with E-state index < -0.39 is 11.8 Å². The Morgan fingerprint density at radius 3 is 1.76 bits per heavy atom. The van der Waals surface area contributed by atoms with Crippen molar-refractivity contribution >= 4 is 69.2 Å². The van der Waals surface area contributed by atoms with Crippen LogP contribution >= 0.6 is 34.8 Å². The van der Waals surface area contributed by atoms with Gasteiger partial charge in [0.25, 0.3) is 11.8 Å². The van der Waals surface area contributed by atoms with Gasteiger partial charge in [-0.1, -0.05) is 48.5 Å². The van der Waals surface area contributed by atoms with E-state index in [0.29, 0.717) is 22.9 Å². The number of hydrogen-bond donors (Lipinski definition) is 0. The number of carbonyl (C=O) groups excluding carboxylic acids is 2. The lowest BCUT2D eigenvalue weighted by atomic mass is 10.1. The van der Waals surface area contributed by atoms with Crippen LogP contribution in [0, 0.1) is 3.57 Å². The average molecular weight is 576 g/mol. The lowest BCUT2D eigenvalue weighted by Crippen LogP contribution is -2.56. The van der Waals surface area contributed by atoms with Crippen LogP contribution in [-0.2, 0) is 9.59 Å². The van der Waals surface area contributed by atoms with Gasteiger partial charge in [-0.05, 0) is 89.4 Å². The molecule has 5 rings (SSSR count). The van der Waals surface area contributed by atoms with Gasteiger partial charge in [-0.3, -0.25) is 19.4 Å². The second-order valence-electron chi connectivity index (χ2n) is 7.50. The number of anilines is 2. The third-order valence-electron chi connectivity index (χ3n) is 5.32. The summed E-state index contributed by atoms with van der Waals surface area (Å²) in [6, 6.07) is 29.6. The molecule has 2 heterocycles. The summed E-state index contributed by atoms with van der Waals surface area (Å²) < 4.78 is 7.08. The van der Waals surface area contributed by atoms with E-state index >= 15 is 0 Å². The van der Waals surface area contributed by atoms with Gasteiger partial charge in [0.2, 0.25) is 0 Å². The van der Waals surface area contributed by atoms with Gasteiger partial charge in [-0.2, -0.15) is 0 Å². The summed E-state index contributed by atoms with van der Waals surface area (Å²) in [5, 5.41) is 0.101. The largest absolute Gasteiger partial charge is 0.457 e. The Labute approximate surface area is 215 Å². The van der Waals surface area contributed by atoms with Crippen LogP contribution in [0.1, 0.15) is 5.76 Å². The molecule has 1 aromatic heterocycles. The first-order valence-electron chi connectivity index (χ1n) is 10.4. The summed E-state index contributed by atoms with van der Waals surface area (Å²) >= 11 is 7.86. The fraction of sp³-hybridized carbons (Fsp3) is 0. The van der Waals surface area contributed by atoms with Gasteiger partial charge < -0.3 is 4.42 Å². The van der Waals surface area contributed by atoms with Crippen molar-refractivity contribution in [2.75, 3.05) is 9.80 Å². The van der Waals surface area contributed by atoms with Crippen LogP contribution in [0.2, 0.25) is 0 Å². The number of hydrogen-bond acceptors (Lipinski definition) is 4. The average Bonchev–Trinajstić information content (AvgIpc) is 3.32. The van der Waals surface area contributed by atoms with Crippen molar-refractivity contribution in [2.24, 2.45) is 0 Å². The van der Waals surface area contributed by atoms with Gasteiger partial charge in [0.05, 0.1) is 11.4 Å². The fourth-order valence-electron chi connectivity index (χ4n) is 3.68. The molecule has 0 aliphatic carbocycles. The molecule has 0 spiro atoms. The van der Waals surface area contributed by atoms with E-state index in [1.807, 2.05) is 66.7 Å². The van der Waals surface area contributed by atoms with Crippen LogP contribution in [0.15, 0.2) is 107 Å². The number of thiocarbonyl (C=S) groups is 1. The molecule has 1 aliphatic rings. The molecular weight excluding hydrogens is 559 g/mol. The molecule has 7 heteroatoms. The number of rotatable bonds is 4. The maximum atomic E-state index is 13.5. The second-order valence-corrected chi connectivity index (χ2v) is 9.11. The molecule has 1 saturated heterocycles. The first-order chi connectivity index (χ1) is 16.5. The highest BCUT2D eigenvalue weighted by Gasteiger charge is 2.41. The molecule has 0 saturated carbocycles. The van der Waals surface area contributed by atoms with Crippen LogP contribution in [0.4, 0.5) is 11.4 Å². The molecule has 1 fully saturated rings. The zero-order valence-corrected chi connectivity index (χ0v) is 20.7. The molecule has 0 bridgehead atoms. The van der Waals surface area contributed by atoms with Crippen LogP contribution in [0.25, 0.3) is 17.4 Å². The number of benzene rings is 3. The summed E-state index contributed by atoms with van der Waals surface area (Å²) in [6.45, 7) is 0. The predicted molar refractivity (Wildman–Crippen MR) is 145 cm³/mol. The minimum absolute atomic E-state index is 0.0372. The van der Waals surface area contributed by atoms with E-state index in [4.69, 9.17) is 16.6 Å². The van der Waals surface area contributed by atoms with Gasteiger partial charge in [0.15, 0.2) is 5.11 Å². The SMILES string of the molecule is O=C1C(=Cc2ccc(-c3ccc(I)cc3)o2)C(=O)N(c2ccccc2)C(=S)N1c1ccccc1. The second kappa shape index (κ2) is 9.36. The highest BCUT2D eigenvalue weighted by Crippen LogP contribution is 2.31. The third kappa shape index (κ3) is 4.20. The molecule has 0 atom stereocenters. The Balaban J connectivity index is 1.58. The number of para-hydroxylation sites is 2. The lowest BCUT2D eigenvalue weighted by Gasteiger charge is -2.36. The lowest BCUT2D eigenvalue weighted by molar-refractivity contribution is -0.120. The Hall–Kier alpha value is -3.56. The summed E-state index contributed by atoms with van der Waals surface area (Å²) in [5.74, 6) is 0.0505. The normalized spacial score (nSPS) is 14.0. The molecular formula is C27H17IN2O3S. The van der Waals surface area contributed by atoms with Crippen LogP contribution in [0.3, 0.4) is 0 Å². The predicted octanol–water partition coefficient (Wildman–Crippen LogP) is 6.30. The van der Waals surface area contributed by atoms with Crippen LogP contribution < -0.4 is 9.80 Å². The van der Waals surface area contributed by atoms with Crippen molar-refractivity contribution in [3.8, 4) is 11.3 Å². The summed E-state index contributed by atoms with van der Waals surface area (Å²) in [4.78, 5) is 29.8. The van der Waals surface area contributed by atoms with Crippen molar-refractivity contribution in [1.82, 2.24) is 0 Å². The van der Waals surface area contributed by atoms with E-state index in [1.165, 1.54) is 15.9 Å². The van der Waals surface area contributed by atoms with Gasteiger partial charge in [0.1, 0.15) is 17.1 Å². The zero-order valence-electron chi connectivity index (χ0n) is 17.7. The molecule has 5 nitrogen and oxygen atoms in total. The summed E-state index contributed by atoms with van der Waals surface area (Å²) in [5.41, 5.74) is 2.03. The van der Waals surface area contributed by atoms with E-state index in [2.05, 4.69) is 22.6 Å². The van der Waals surface area contributed by atoms with Crippen LogP contribution in [0.5, 0.6) is 0 Å². The Morgan fingerprint density at radius 1 is 0.706 bits per heavy atom. The Kier molecular flexibility index (Phi) is 6.12. The minimum Gasteiger partial charge on any atom is -0.457 e. The van der Waals surface area contributed by atoms with Gasteiger partial charge >= 0.3 is 0 Å². The van der Waals surface area contributed by atoms with Gasteiger partial charge in [-0.15, -0.1) is 0 Å². The maximum absolute atomic E-state index is 13.5. The quantitative estimate of drug-likeness (QED) is 0.124. The highest BCUT2D eigenvalue weighted by atomic mass is 127. The molecule has 0 radical (unpaired) electrons. The van der Waals surface area contributed by atoms with E-state index in [1.54, 1.807) is 30.3 Å². The van der Waals surface area contributed by atoms with Gasteiger partial charge in [0, 0.05) is 9.13 Å². The van der Waals surface area contributed by atoms with Crippen molar-refractivity contribution in [2.45, 2.75) is 0 Å². The number of amides is 2. The molecule has 2 amide bonds. The van der Waals surface area contributed by atoms with Crippen molar-refractivity contribution in [3.05, 3.63) is 112 Å². The molecule has 0 N–H and O–H groups in total. The molecule has 0 unspecified atom stereocenters. The maximum Gasteiger partial charge on any atom is 0.270 e. The standard InChI is InChI=1S/C27H17IN2O3S/c28-19-13-11-18(12-14-19)24-16-15-22(33-24)17-23-25(31)29(20-7-3-1-4-8-20)27(34)30(26(23)32)21-9-5-2-6-10-21/h1-17H. The molecule has 166 valence electrons. The first-order valence-corrected chi connectivity index (χ1v) is 11.9. The van der Waals surface area contributed by atoms with Crippen LogP contribution in [-0.4, -0.2) is 16.9 Å². The van der Waals surface area contributed by atoms with Crippen molar-refractivity contribution in [3.63, 3.8) is 0 Å². The van der Waals surface area contributed by atoms with E-state index in [9.17, 15) is 9.59 Å². The number of furan rings is 1. The first kappa shape index (κ1) is 22.2. The molecule has 1 aliphatic heterocycles. The number of carbonyl (C=O) groups is 2. The zero-order chi connectivity index (χ0) is 23.7. The summed E-state index contributed by atoms with van der Waals surface area (Å²) in [6.07, 6.45) is 1.48.